The first-order valence-corrected chi connectivity index (χ1v) is 9.61. The third-order valence-corrected chi connectivity index (χ3v) is 6.12. The molecule has 144 valence electrons. The molecule has 0 saturated heterocycles. The van der Waals surface area contributed by atoms with Gasteiger partial charge < -0.3 is 0 Å². The minimum absolute atomic E-state index is 0.0245. The molecular formula is C17H18FN3O5S. The number of rotatable bonds is 4. The Labute approximate surface area is 154 Å². The molecule has 0 spiro atoms. The predicted molar refractivity (Wildman–Crippen MR) is 95.5 cm³/mol. The zero-order valence-electron chi connectivity index (χ0n) is 15.1. The molecule has 0 amide bonds. The highest BCUT2D eigenvalue weighted by Crippen LogP contribution is 2.35. The van der Waals surface area contributed by atoms with Crippen molar-refractivity contribution < 1.29 is 22.4 Å². The number of aryl methyl sites for hydroxylation is 2. The number of hydroxylamine groups is 1. The van der Waals surface area contributed by atoms with Crippen molar-refractivity contribution in [3.63, 3.8) is 0 Å². The third kappa shape index (κ3) is 2.90. The molecule has 1 aromatic carbocycles. The van der Waals surface area contributed by atoms with Gasteiger partial charge in [0.1, 0.15) is 16.3 Å². The van der Waals surface area contributed by atoms with Gasteiger partial charge in [-0.15, -0.1) is 0 Å². The maximum atomic E-state index is 14.8. The van der Waals surface area contributed by atoms with Crippen molar-refractivity contribution in [1.29, 1.82) is 0 Å². The first-order chi connectivity index (χ1) is 12.6. The molecule has 0 saturated carbocycles. The van der Waals surface area contributed by atoms with Crippen LogP contribution in [0, 0.1) is 19.7 Å². The van der Waals surface area contributed by atoms with Gasteiger partial charge in [-0.05, 0) is 31.6 Å². The lowest BCUT2D eigenvalue weighted by Gasteiger charge is -2.22. The first kappa shape index (κ1) is 19.1. The molecule has 27 heavy (non-hydrogen) atoms. The van der Waals surface area contributed by atoms with Gasteiger partial charge >= 0.3 is 0 Å². The molecule has 0 fully saturated rings. The zero-order valence-corrected chi connectivity index (χ0v) is 16.0. The molecule has 0 bridgehead atoms. The Bertz CT molecular complexity index is 1160. The van der Waals surface area contributed by atoms with Crippen LogP contribution in [0.4, 0.5) is 4.39 Å². The van der Waals surface area contributed by atoms with Gasteiger partial charge in [0.05, 0.1) is 18.6 Å². The van der Waals surface area contributed by atoms with Crippen molar-refractivity contribution in [1.82, 2.24) is 15.3 Å². The molecule has 0 unspecified atom stereocenters. The lowest BCUT2D eigenvalue weighted by molar-refractivity contribution is 0.103. The number of H-pyrrole nitrogens is 1. The largest absolute Gasteiger partial charge is 0.299 e. The molecule has 1 aliphatic heterocycles. The Balaban J connectivity index is 2.31. The Morgan fingerprint density at radius 3 is 2.59 bits per heavy atom. The number of ketones is 1. The summed E-state index contributed by atoms with van der Waals surface area (Å²) >= 11 is 0. The lowest BCUT2D eigenvalue weighted by Crippen LogP contribution is -2.25. The minimum atomic E-state index is -3.90. The highest BCUT2D eigenvalue weighted by molar-refractivity contribution is 7.91. The second kappa shape index (κ2) is 6.46. The number of benzene rings is 1. The van der Waals surface area contributed by atoms with Crippen LogP contribution in [0.25, 0.3) is 5.70 Å². The van der Waals surface area contributed by atoms with E-state index in [2.05, 4.69) is 10.6 Å². The summed E-state index contributed by atoms with van der Waals surface area (Å²) in [5.41, 5.74) is 2.60. The molecule has 2 heterocycles. The number of halogens is 1. The molecule has 0 aliphatic carbocycles. The molecule has 3 rings (SSSR count). The van der Waals surface area contributed by atoms with E-state index in [0.717, 1.165) is 10.7 Å². The number of aromatic nitrogens is 2. The highest BCUT2D eigenvalue weighted by Gasteiger charge is 2.33. The zero-order chi connectivity index (χ0) is 20.1. The summed E-state index contributed by atoms with van der Waals surface area (Å²) in [6, 6.07) is 0.871. The number of sulfone groups is 1. The summed E-state index contributed by atoms with van der Waals surface area (Å²) in [6.45, 7) is 3.06. The Morgan fingerprint density at radius 1 is 1.37 bits per heavy atom. The van der Waals surface area contributed by atoms with E-state index in [1.54, 1.807) is 6.92 Å². The average Bonchev–Trinajstić information content (AvgIpc) is 2.84. The summed E-state index contributed by atoms with van der Waals surface area (Å²) in [5, 5.41) is 2.72. The number of carbonyl (C=O) groups is 1. The van der Waals surface area contributed by atoms with Crippen LogP contribution in [-0.2, 0) is 21.7 Å². The highest BCUT2D eigenvalue weighted by atomic mass is 32.2. The van der Waals surface area contributed by atoms with Gasteiger partial charge in [0.15, 0.2) is 9.84 Å². The Kier molecular flexibility index (Phi) is 4.56. The van der Waals surface area contributed by atoms with E-state index in [-0.39, 0.29) is 28.0 Å². The van der Waals surface area contributed by atoms with Crippen LogP contribution in [0.15, 0.2) is 21.8 Å². The number of fused-ring (bicyclic) bond motifs is 1. The van der Waals surface area contributed by atoms with Gasteiger partial charge in [-0.25, -0.2) is 12.8 Å². The molecule has 0 atom stereocenters. The van der Waals surface area contributed by atoms with Gasteiger partial charge in [0, 0.05) is 23.9 Å². The second-order valence-electron chi connectivity index (χ2n) is 6.25. The number of nitrogens with zero attached hydrogens (tertiary/aromatic N) is 1. The van der Waals surface area contributed by atoms with Gasteiger partial charge in [0.25, 0.3) is 5.56 Å². The summed E-state index contributed by atoms with van der Waals surface area (Å²) in [6.07, 6.45) is 1.35. The summed E-state index contributed by atoms with van der Waals surface area (Å²) < 4.78 is 40.7. The lowest BCUT2D eigenvalue weighted by atomic mass is 9.93. The molecular weight excluding hydrogens is 377 g/mol. The standard InChI is InChI=1S/C17H18FN3O5S/c1-8-10(15(22)14-9(2)19-21(3)17(14)23)7-11(18)16-13(8)12(20-26-4)5-6-27(16,24)25/h5,7,19-20H,6H2,1-4H3. The normalized spacial score (nSPS) is 15.2. The van der Waals surface area contributed by atoms with Gasteiger partial charge in [-0.2, -0.15) is 0 Å². The van der Waals surface area contributed by atoms with Crippen molar-refractivity contribution in [3.05, 3.63) is 56.3 Å². The van der Waals surface area contributed by atoms with Crippen molar-refractivity contribution in [2.24, 2.45) is 7.05 Å². The molecule has 8 nitrogen and oxygen atoms in total. The Morgan fingerprint density at radius 2 is 2.04 bits per heavy atom. The fourth-order valence-electron chi connectivity index (χ4n) is 3.26. The van der Waals surface area contributed by atoms with E-state index in [1.165, 1.54) is 27.2 Å². The smallest absolute Gasteiger partial charge is 0.277 e. The molecule has 1 aromatic heterocycles. The minimum Gasteiger partial charge on any atom is -0.299 e. The number of aromatic amines is 1. The number of hydrogen-bond donors (Lipinski definition) is 2. The molecule has 10 heteroatoms. The third-order valence-electron chi connectivity index (χ3n) is 4.49. The molecule has 1 aliphatic rings. The topological polar surface area (TPSA) is 110 Å². The monoisotopic (exact) mass is 395 g/mol. The predicted octanol–water partition coefficient (Wildman–Crippen LogP) is 0.980. The number of carbonyl (C=O) groups excluding carboxylic acids is 1. The molecule has 2 N–H and O–H groups in total. The van der Waals surface area contributed by atoms with E-state index in [0.29, 0.717) is 5.69 Å². The van der Waals surface area contributed by atoms with E-state index in [1.807, 2.05) is 0 Å². The van der Waals surface area contributed by atoms with Crippen molar-refractivity contribution >= 4 is 21.3 Å². The SMILES string of the molecule is CONC1=CCS(=O)(=O)c2c(F)cc(C(=O)c3c(C)[nH]n(C)c3=O)c(C)c21. The van der Waals surface area contributed by atoms with Crippen molar-refractivity contribution in [3.8, 4) is 0 Å². The van der Waals surface area contributed by atoms with Crippen LogP contribution in [-0.4, -0.2) is 36.8 Å². The molecule has 2 aromatic rings. The maximum absolute atomic E-state index is 14.8. The van der Waals surface area contributed by atoms with Crippen LogP contribution in [0.2, 0.25) is 0 Å². The number of hydrogen-bond acceptors (Lipinski definition) is 6. The van der Waals surface area contributed by atoms with Crippen molar-refractivity contribution in [2.45, 2.75) is 18.7 Å². The second-order valence-corrected chi connectivity index (χ2v) is 8.22. The van der Waals surface area contributed by atoms with Gasteiger partial charge in [0.2, 0.25) is 5.78 Å². The summed E-state index contributed by atoms with van der Waals surface area (Å²) in [4.78, 5) is 29.6. The molecule has 0 radical (unpaired) electrons. The summed E-state index contributed by atoms with van der Waals surface area (Å²) in [7, 11) is -1.10. The average molecular weight is 395 g/mol. The van der Waals surface area contributed by atoms with Crippen LogP contribution in [0.5, 0.6) is 0 Å². The van der Waals surface area contributed by atoms with Crippen molar-refractivity contribution in [2.75, 3.05) is 12.9 Å². The van der Waals surface area contributed by atoms with Crippen LogP contribution in [0.1, 0.15) is 32.7 Å². The fraction of sp³-hybridized carbons (Fsp3) is 0.294. The van der Waals surface area contributed by atoms with Crippen LogP contribution >= 0.6 is 0 Å². The van der Waals surface area contributed by atoms with E-state index in [9.17, 15) is 22.4 Å². The Hall–Kier alpha value is -2.72. The van der Waals surface area contributed by atoms with Crippen LogP contribution < -0.4 is 11.0 Å². The van der Waals surface area contributed by atoms with Crippen LogP contribution in [0.3, 0.4) is 0 Å². The maximum Gasteiger partial charge on any atom is 0.277 e. The van der Waals surface area contributed by atoms with Gasteiger partial charge in [-0.3, -0.25) is 29.7 Å². The van der Waals surface area contributed by atoms with E-state index in [4.69, 9.17) is 4.84 Å². The van der Waals surface area contributed by atoms with E-state index < -0.39 is 37.6 Å². The fourth-order valence-corrected chi connectivity index (χ4v) is 4.74. The van der Waals surface area contributed by atoms with E-state index >= 15 is 0 Å². The van der Waals surface area contributed by atoms with Gasteiger partial charge in [-0.1, -0.05) is 0 Å². The summed E-state index contributed by atoms with van der Waals surface area (Å²) in [5.74, 6) is -2.13. The number of nitrogens with one attached hydrogen (secondary N) is 2. The first-order valence-electron chi connectivity index (χ1n) is 7.95. The quantitative estimate of drug-likeness (QED) is 0.590.